The van der Waals surface area contributed by atoms with Crippen LogP contribution in [-0.4, -0.2) is 15.7 Å². The highest BCUT2D eigenvalue weighted by molar-refractivity contribution is 6.36. The molecule has 0 aliphatic heterocycles. The lowest BCUT2D eigenvalue weighted by molar-refractivity contribution is 0.0938. The van der Waals surface area contributed by atoms with Gasteiger partial charge >= 0.3 is 0 Å². The van der Waals surface area contributed by atoms with E-state index in [2.05, 4.69) is 10.4 Å². The number of benzene rings is 1. The van der Waals surface area contributed by atoms with Crippen molar-refractivity contribution in [2.75, 3.05) is 0 Å². The molecule has 106 valence electrons. The van der Waals surface area contributed by atoms with Crippen molar-refractivity contribution in [1.29, 1.82) is 0 Å². The minimum Gasteiger partial charge on any atom is -0.344 e. The van der Waals surface area contributed by atoms with Crippen LogP contribution in [0.4, 0.5) is 0 Å². The molecule has 0 fully saturated rings. The zero-order chi connectivity index (χ0) is 14.7. The van der Waals surface area contributed by atoms with E-state index in [4.69, 9.17) is 23.2 Å². The number of hydrogen-bond donors (Lipinski definition) is 1. The Balaban J connectivity index is 2.15. The lowest BCUT2D eigenvalue weighted by Gasteiger charge is -2.16. The molecule has 6 heteroatoms. The molecule has 0 spiro atoms. The van der Waals surface area contributed by atoms with E-state index in [1.165, 1.54) is 0 Å². The maximum Gasteiger partial charge on any atom is 0.253 e. The summed E-state index contributed by atoms with van der Waals surface area (Å²) in [5.41, 5.74) is 1.36. The van der Waals surface area contributed by atoms with Crippen molar-refractivity contribution >= 4 is 29.1 Å². The summed E-state index contributed by atoms with van der Waals surface area (Å²) >= 11 is 11.8. The first-order chi connectivity index (χ1) is 9.52. The van der Waals surface area contributed by atoms with Gasteiger partial charge in [0.25, 0.3) is 5.91 Å². The maximum atomic E-state index is 12.2. The Morgan fingerprint density at radius 2 is 2.15 bits per heavy atom. The van der Waals surface area contributed by atoms with Gasteiger partial charge in [0.15, 0.2) is 0 Å². The number of halogens is 2. The molecule has 0 radical (unpaired) electrons. The number of aromatic nitrogens is 2. The average molecular weight is 312 g/mol. The Bertz CT molecular complexity index is 625. The smallest absolute Gasteiger partial charge is 0.253 e. The van der Waals surface area contributed by atoms with Crippen LogP contribution in [0.1, 0.15) is 35.9 Å². The number of aryl methyl sites for hydroxylation is 1. The first kappa shape index (κ1) is 14.9. The van der Waals surface area contributed by atoms with E-state index in [9.17, 15) is 4.79 Å². The van der Waals surface area contributed by atoms with Gasteiger partial charge in [-0.15, -0.1) is 0 Å². The Hall–Kier alpha value is -1.52. The summed E-state index contributed by atoms with van der Waals surface area (Å²) in [5, 5.41) is 7.94. The van der Waals surface area contributed by atoms with E-state index < -0.39 is 0 Å². The summed E-state index contributed by atoms with van der Waals surface area (Å²) in [6.45, 7) is 4.66. The highest BCUT2D eigenvalue weighted by atomic mass is 35.5. The van der Waals surface area contributed by atoms with Crippen molar-refractivity contribution in [2.24, 2.45) is 0 Å². The molecule has 4 nitrogen and oxygen atoms in total. The summed E-state index contributed by atoms with van der Waals surface area (Å²) in [6, 6.07) is 6.54. The zero-order valence-corrected chi connectivity index (χ0v) is 12.7. The fourth-order valence-electron chi connectivity index (χ4n) is 2.00. The van der Waals surface area contributed by atoms with Gasteiger partial charge in [-0.3, -0.25) is 9.48 Å². The highest BCUT2D eigenvalue weighted by Gasteiger charge is 2.16. The van der Waals surface area contributed by atoms with Crippen molar-refractivity contribution in [3.8, 4) is 0 Å². The van der Waals surface area contributed by atoms with Gasteiger partial charge in [-0.2, -0.15) is 5.10 Å². The van der Waals surface area contributed by atoms with Gasteiger partial charge in [0.1, 0.15) is 0 Å². The number of carbonyl (C=O) groups is 1. The molecule has 2 aromatic rings. The van der Waals surface area contributed by atoms with Crippen molar-refractivity contribution in [1.82, 2.24) is 15.1 Å². The highest BCUT2D eigenvalue weighted by Crippen LogP contribution is 2.22. The molecule has 0 bridgehead atoms. The fraction of sp³-hybridized carbons (Fsp3) is 0.286. The van der Waals surface area contributed by atoms with Gasteiger partial charge in [-0.1, -0.05) is 23.2 Å². The summed E-state index contributed by atoms with van der Waals surface area (Å²) in [6.07, 6.45) is 1.72. The van der Waals surface area contributed by atoms with E-state index in [0.717, 1.165) is 12.2 Å². The van der Waals surface area contributed by atoms with Crippen molar-refractivity contribution in [2.45, 2.75) is 26.4 Å². The molecule has 1 aromatic heterocycles. The van der Waals surface area contributed by atoms with Crippen LogP contribution >= 0.6 is 23.2 Å². The topological polar surface area (TPSA) is 46.9 Å². The molecule has 1 aromatic carbocycles. The third kappa shape index (κ3) is 3.14. The first-order valence-corrected chi connectivity index (χ1v) is 7.06. The number of nitrogens with one attached hydrogen (secondary N) is 1. The number of nitrogens with zero attached hydrogens (tertiary/aromatic N) is 2. The molecule has 0 saturated heterocycles. The lowest BCUT2D eigenvalue weighted by Crippen LogP contribution is -2.28. The second kappa shape index (κ2) is 6.29. The summed E-state index contributed by atoms with van der Waals surface area (Å²) < 4.78 is 1.84. The SMILES string of the molecule is CCn1nccc1C(C)NC(=O)c1ccc(Cl)cc1Cl. The van der Waals surface area contributed by atoms with Gasteiger partial charge in [0, 0.05) is 17.8 Å². The Kier molecular flexibility index (Phi) is 4.68. The van der Waals surface area contributed by atoms with Gasteiger partial charge in [0.2, 0.25) is 0 Å². The van der Waals surface area contributed by atoms with Crippen LogP contribution in [0.5, 0.6) is 0 Å². The second-order valence-electron chi connectivity index (χ2n) is 4.39. The Morgan fingerprint density at radius 1 is 1.40 bits per heavy atom. The van der Waals surface area contributed by atoms with Crippen LogP contribution in [0, 0.1) is 0 Å². The quantitative estimate of drug-likeness (QED) is 0.935. The molecule has 0 aliphatic carbocycles. The number of hydrogen-bond acceptors (Lipinski definition) is 2. The van der Waals surface area contributed by atoms with Gasteiger partial charge < -0.3 is 5.32 Å². The van der Waals surface area contributed by atoms with Crippen molar-refractivity contribution in [3.05, 3.63) is 51.8 Å². The van der Waals surface area contributed by atoms with Gasteiger partial charge in [-0.25, -0.2) is 0 Å². The van der Waals surface area contributed by atoms with E-state index in [1.807, 2.05) is 24.6 Å². The third-order valence-electron chi connectivity index (χ3n) is 3.02. The normalized spacial score (nSPS) is 12.2. The van der Waals surface area contributed by atoms with Crippen molar-refractivity contribution < 1.29 is 4.79 Å². The maximum absolute atomic E-state index is 12.2. The minimum absolute atomic E-state index is 0.156. The Labute approximate surface area is 127 Å². The van der Waals surface area contributed by atoms with E-state index in [0.29, 0.717) is 15.6 Å². The van der Waals surface area contributed by atoms with Gasteiger partial charge in [0.05, 0.1) is 22.3 Å². The van der Waals surface area contributed by atoms with Gasteiger partial charge in [-0.05, 0) is 38.1 Å². The molecule has 20 heavy (non-hydrogen) atoms. The second-order valence-corrected chi connectivity index (χ2v) is 5.23. The molecular formula is C14H15Cl2N3O. The standard InChI is InChI=1S/C14H15Cl2N3O/c1-3-19-13(6-7-17-19)9(2)18-14(20)11-5-4-10(15)8-12(11)16/h4-9H,3H2,1-2H3,(H,18,20). The molecule has 2 rings (SSSR count). The largest absolute Gasteiger partial charge is 0.344 e. The van der Waals surface area contributed by atoms with E-state index >= 15 is 0 Å². The molecule has 0 aliphatic rings. The third-order valence-corrected chi connectivity index (χ3v) is 3.56. The first-order valence-electron chi connectivity index (χ1n) is 6.30. The predicted octanol–water partition coefficient (Wildman–Crippen LogP) is 3.70. The van der Waals surface area contributed by atoms with Crippen LogP contribution in [0.2, 0.25) is 10.0 Å². The fourth-order valence-corrected chi connectivity index (χ4v) is 2.49. The molecule has 1 atom stereocenters. The van der Waals surface area contributed by atoms with Crippen LogP contribution < -0.4 is 5.32 Å². The number of carbonyl (C=O) groups excluding carboxylic acids is 1. The average Bonchev–Trinajstić information content (AvgIpc) is 2.86. The van der Waals surface area contributed by atoms with E-state index in [-0.39, 0.29) is 11.9 Å². The summed E-state index contributed by atoms with van der Waals surface area (Å²) in [7, 11) is 0. The predicted molar refractivity (Wildman–Crippen MR) is 80.2 cm³/mol. The van der Waals surface area contributed by atoms with Crippen LogP contribution in [0.3, 0.4) is 0 Å². The molecule has 1 N–H and O–H groups in total. The minimum atomic E-state index is -0.233. The molecule has 1 heterocycles. The number of rotatable bonds is 4. The van der Waals surface area contributed by atoms with Crippen LogP contribution in [0.25, 0.3) is 0 Å². The van der Waals surface area contributed by atoms with Crippen LogP contribution in [-0.2, 0) is 6.54 Å². The van der Waals surface area contributed by atoms with Crippen LogP contribution in [0.15, 0.2) is 30.5 Å². The monoisotopic (exact) mass is 311 g/mol. The lowest BCUT2D eigenvalue weighted by atomic mass is 10.1. The summed E-state index contributed by atoms with van der Waals surface area (Å²) in [5.74, 6) is -0.233. The summed E-state index contributed by atoms with van der Waals surface area (Å²) in [4.78, 5) is 12.2. The molecule has 0 saturated carbocycles. The Morgan fingerprint density at radius 3 is 2.80 bits per heavy atom. The number of amides is 1. The molecule has 1 amide bonds. The van der Waals surface area contributed by atoms with Crippen molar-refractivity contribution in [3.63, 3.8) is 0 Å². The van der Waals surface area contributed by atoms with E-state index in [1.54, 1.807) is 24.4 Å². The molecular weight excluding hydrogens is 297 g/mol. The zero-order valence-electron chi connectivity index (χ0n) is 11.2. The molecule has 1 unspecified atom stereocenters.